The number of carbonyl (C=O) groups excluding carboxylic acids is 2. The number of hydrogen-bond acceptors (Lipinski definition) is 6. The van der Waals surface area contributed by atoms with Crippen LogP contribution in [-0.2, 0) is 9.59 Å². The second kappa shape index (κ2) is 11.8. The van der Waals surface area contributed by atoms with Gasteiger partial charge in [0.1, 0.15) is 11.5 Å². The molecule has 0 radical (unpaired) electrons. The number of benzene rings is 3. The van der Waals surface area contributed by atoms with Crippen LogP contribution in [0.3, 0.4) is 0 Å². The molecule has 1 aliphatic heterocycles. The summed E-state index contributed by atoms with van der Waals surface area (Å²) in [6.07, 6.45) is 0. The van der Waals surface area contributed by atoms with E-state index in [1.165, 1.54) is 12.0 Å². The minimum absolute atomic E-state index is 0.0265. The lowest BCUT2D eigenvalue weighted by Gasteiger charge is -2.26. The molecule has 1 fully saturated rings. The average molecular weight is 550 g/mol. The summed E-state index contributed by atoms with van der Waals surface area (Å²) < 4.78 is 17.0. The molecule has 0 spiro atoms. The molecule has 1 N–H and O–H groups in total. The minimum Gasteiger partial charge on any atom is -0.507 e. The molecule has 4 rings (SSSR count). The number of nitrogens with zero attached hydrogens (tertiary/aromatic N) is 1. The van der Waals surface area contributed by atoms with Crippen LogP contribution in [0.2, 0.25) is 5.02 Å². The summed E-state index contributed by atoms with van der Waals surface area (Å²) in [6, 6.07) is 16.2. The molecule has 1 saturated heterocycles. The van der Waals surface area contributed by atoms with E-state index in [-0.39, 0.29) is 17.3 Å². The first kappa shape index (κ1) is 28.0. The smallest absolute Gasteiger partial charge is 0.300 e. The van der Waals surface area contributed by atoms with Crippen LogP contribution in [0.15, 0.2) is 66.2 Å². The fourth-order valence-electron chi connectivity index (χ4n) is 4.74. The first-order chi connectivity index (χ1) is 18.7. The van der Waals surface area contributed by atoms with Crippen LogP contribution >= 0.6 is 11.6 Å². The van der Waals surface area contributed by atoms with Crippen LogP contribution in [0.1, 0.15) is 56.3 Å². The van der Waals surface area contributed by atoms with Gasteiger partial charge >= 0.3 is 0 Å². The summed E-state index contributed by atoms with van der Waals surface area (Å²) in [6.45, 7) is 8.69. The highest BCUT2D eigenvalue weighted by Gasteiger charge is 2.47. The zero-order valence-corrected chi connectivity index (χ0v) is 23.4. The van der Waals surface area contributed by atoms with Crippen molar-refractivity contribution in [2.45, 2.75) is 39.7 Å². The third kappa shape index (κ3) is 5.45. The number of aliphatic hydroxyl groups is 1. The van der Waals surface area contributed by atoms with Gasteiger partial charge in [0.2, 0.25) is 0 Å². The number of anilines is 1. The van der Waals surface area contributed by atoms with Gasteiger partial charge in [-0.05, 0) is 85.5 Å². The average Bonchev–Trinajstić information content (AvgIpc) is 3.19. The maximum Gasteiger partial charge on any atom is 0.300 e. The second-order valence-electron chi connectivity index (χ2n) is 9.33. The van der Waals surface area contributed by atoms with Crippen LogP contribution in [0, 0.1) is 0 Å². The molecule has 0 saturated carbocycles. The van der Waals surface area contributed by atoms with E-state index in [0.717, 1.165) is 5.56 Å². The monoisotopic (exact) mass is 549 g/mol. The lowest BCUT2D eigenvalue weighted by molar-refractivity contribution is -0.132. The van der Waals surface area contributed by atoms with Gasteiger partial charge in [-0.1, -0.05) is 31.5 Å². The van der Waals surface area contributed by atoms with Crippen LogP contribution in [0.25, 0.3) is 5.76 Å². The number of carbonyl (C=O) groups is 2. The minimum atomic E-state index is -0.926. The van der Waals surface area contributed by atoms with Crippen molar-refractivity contribution in [3.8, 4) is 17.2 Å². The Balaban J connectivity index is 1.96. The quantitative estimate of drug-likeness (QED) is 0.178. The Hall–Kier alpha value is -3.97. The van der Waals surface area contributed by atoms with Crippen molar-refractivity contribution in [2.75, 3.05) is 25.2 Å². The number of Topliss-reactive ketones (excluding diaryl/α,β-unsaturated/α-hetero) is 1. The molecule has 7 nitrogen and oxygen atoms in total. The van der Waals surface area contributed by atoms with Crippen LogP contribution in [-0.4, -0.2) is 37.1 Å². The predicted octanol–water partition coefficient (Wildman–Crippen LogP) is 6.90. The Morgan fingerprint density at radius 2 is 1.56 bits per heavy atom. The Labute approximate surface area is 233 Å². The van der Waals surface area contributed by atoms with Gasteiger partial charge in [-0.15, -0.1) is 0 Å². The van der Waals surface area contributed by atoms with Crippen molar-refractivity contribution < 1.29 is 28.9 Å². The summed E-state index contributed by atoms with van der Waals surface area (Å²) >= 11 is 6.10. The van der Waals surface area contributed by atoms with E-state index in [2.05, 4.69) is 0 Å². The number of hydrogen-bond donors (Lipinski definition) is 1. The fourth-order valence-corrected chi connectivity index (χ4v) is 4.86. The molecule has 1 amide bonds. The third-order valence-corrected chi connectivity index (χ3v) is 6.81. The number of ketones is 1. The molecule has 8 heteroatoms. The molecule has 39 heavy (non-hydrogen) atoms. The van der Waals surface area contributed by atoms with Crippen molar-refractivity contribution in [3.05, 3.63) is 87.9 Å². The summed E-state index contributed by atoms with van der Waals surface area (Å²) in [5.41, 5.74) is 2.31. The molecule has 3 aromatic carbocycles. The second-order valence-corrected chi connectivity index (χ2v) is 9.77. The molecule has 1 atom stereocenters. The lowest BCUT2D eigenvalue weighted by atomic mass is 9.93. The van der Waals surface area contributed by atoms with Gasteiger partial charge in [0.25, 0.3) is 11.7 Å². The SMILES string of the molecule is CCOc1cc(C2/C(=C(\O)c3ccc(OCC)c(C(C)C)c3)C(=O)C(=O)N2c2ccc(Cl)cc2)ccc1OC. The largest absolute Gasteiger partial charge is 0.507 e. The highest BCUT2D eigenvalue weighted by atomic mass is 35.5. The molecule has 1 aliphatic rings. The van der Waals surface area contributed by atoms with E-state index in [0.29, 0.717) is 52.3 Å². The maximum atomic E-state index is 13.6. The normalized spacial score (nSPS) is 16.6. The van der Waals surface area contributed by atoms with Gasteiger partial charge in [0.15, 0.2) is 11.5 Å². The van der Waals surface area contributed by atoms with E-state index < -0.39 is 17.7 Å². The first-order valence-corrected chi connectivity index (χ1v) is 13.2. The Morgan fingerprint density at radius 1 is 0.923 bits per heavy atom. The van der Waals surface area contributed by atoms with E-state index >= 15 is 0 Å². The fraction of sp³-hybridized carbons (Fsp3) is 0.290. The van der Waals surface area contributed by atoms with Crippen molar-refractivity contribution in [1.29, 1.82) is 0 Å². The molecule has 0 bridgehead atoms. The van der Waals surface area contributed by atoms with Gasteiger partial charge in [-0.2, -0.15) is 0 Å². The molecular weight excluding hydrogens is 518 g/mol. The van der Waals surface area contributed by atoms with Gasteiger partial charge in [-0.25, -0.2) is 0 Å². The Bertz CT molecular complexity index is 1410. The van der Waals surface area contributed by atoms with Crippen LogP contribution in [0.4, 0.5) is 5.69 Å². The number of methoxy groups -OCH3 is 1. The first-order valence-electron chi connectivity index (χ1n) is 12.9. The summed E-state index contributed by atoms with van der Waals surface area (Å²) in [7, 11) is 1.54. The van der Waals surface area contributed by atoms with E-state index in [1.807, 2.05) is 27.7 Å². The highest BCUT2D eigenvalue weighted by Crippen LogP contribution is 2.44. The maximum absolute atomic E-state index is 13.6. The van der Waals surface area contributed by atoms with Gasteiger partial charge < -0.3 is 19.3 Å². The summed E-state index contributed by atoms with van der Waals surface area (Å²) in [5, 5.41) is 12.1. The van der Waals surface area contributed by atoms with Gasteiger partial charge in [-0.3, -0.25) is 14.5 Å². The molecular formula is C31H32ClNO6. The lowest BCUT2D eigenvalue weighted by Crippen LogP contribution is -2.29. The van der Waals surface area contributed by atoms with Gasteiger partial charge in [0, 0.05) is 16.3 Å². The standard InChI is InChI=1S/C31H32ClNO6/c1-6-38-24-14-9-20(16-23(24)18(3)4)29(34)27-28(19-8-15-25(37-5)26(17-19)39-7-2)33(31(36)30(27)35)22-12-10-21(32)11-13-22/h8-18,28,34H,6-7H2,1-5H3/b29-27+. The summed E-state index contributed by atoms with van der Waals surface area (Å²) in [4.78, 5) is 28.4. The van der Waals surface area contributed by atoms with Crippen molar-refractivity contribution in [1.82, 2.24) is 0 Å². The number of amides is 1. The third-order valence-electron chi connectivity index (χ3n) is 6.56. The molecule has 204 valence electrons. The Kier molecular flexibility index (Phi) is 8.51. The zero-order chi connectivity index (χ0) is 28.3. The van der Waals surface area contributed by atoms with E-state index in [9.17, 15) is 14.7 Å². The number of halogens is 1. The molecule has 0 aliphatic carbocycles. The number of rotatable bonds is 9. The molecule has 1 heterocycles. The molecule has 3 aromatic rings. The number of aliphatic hydroxyl groups excluding tert-OH is 1. The predicted molar refractivity (Wildman–Crippen MR) is 152 cm³/mol. The van der Waals surface area contributed by atoms with Crippen LogP contribution in [0.5, 0.6) is 17.2 Å². The van der Waals surface area contributed by atoms with Crippen molar-refractivity contribution >= 4 is 34.7 Å². The van der Waals surface area contributed by atoms with Crippen LogP contribution < -0.4 is 19.1 Å². The van der Waals surface area contributed by atoms with E-state index in [4.69, 9.17) is 25.8 Å². The van der Waals surface area contributed by atoms with Crippen molar-refractivity contribution in [2.24, 2.45) is 0 Å². The Morgan fingerprint density at radius 3 is 2.18 bits per heavy atom. The number of ether oxygens (including phenoxy) is 3. The van der Waals surface area contributed by atoms with Gasteiger partial charge in [0.05, 0.1) is 31.9 Å². The summed E-state index contributed by atoms with van der Waals surface area (Å²) in [5.74, 6) is -0.0393. The zero-order valence-electron chi connectivity index (χ0n) is 22.7. The topological polar surface area (TPSA) is 85.3 Å². The van der Waals surface area contributed by atoms with E-state index in [1.54, 1.807) is 60.7 Å². The molecule has 0 aromatic heterocycles. The molecule has 1 unspecified atom stereocenters. The highest BCUT2D eigenvalue weighted by molar-refractivity contribution is 6.51. The van der Waals surface area contributed by atoms with Crippen molar-refractivity contribution in [3.63, 3.8) is 0 Å².